The van der Waals surface area contributed by atoms with Gasteiger partial charge in [-0.15, -0.1) is 0 Å². The van der Waals surface area contributed by atoms with Gasteiger partial charge in [0.2, 0.25) is 15.9 Å². The van der Waals surface area contributed by atoms with Crippen LogP contribution in [0.25, 0.3) is 0 Å². The number of rotatable bonds is 6. The fourth-order valence-corrected chi connectivity index (χ4v) is 4.15. The number of carbonyl (C=O) groups is 1. The smallest absolute Gasteiger partial charge is 0.240 e. The Kier molecular flexibility index (Phi) is 5.20. The Hall–Kier alpha value is -2.18. The van der Waals surface area contributed by atoms with Gasteiger partial charge in [-0.05, 0) is 48.6 Å². The third kappa shape index (κ3) is 4.08. The largest absolute Gasteiger partial charge is 0.315 e. The Morgan fingerprint density at radius 3 is 2.60 bits per heavy atom. The molecule has 6 heteroatoms. The predicted octanol–water partition coefficient (Wildman–Crippen LogP) is 2.51. The minimum Gasteiger partial charge on any atom is -0.315 e. The summed E-state index contributed by atoms with van der Waals surface area (Å²) in [6, 6.07) is 15.0. The van der Waals surface area contributed by atoms with Crippen LogP contribution in [0.5, 0.6) is 0 Å². The van der Waals surface area contributed by atoms with E-state index in [1.165, 1.54) is 5.56 Å². The molecule has 1 N–H and O–H groups in total. The number of amides is 1. The topological polar surface area (TPSA) is 66.5 Å². The van der Waals surface area contributed by atoms with Gasteiger partial charge in [-0.1, -0.05) is 30.3 Å². The normalized spacial score (nSPS) is 14.4. The zero-order chi connectivity index (χ0) is 17.9. The van der Waals surface area contributed by atoms with Crippen molar-refractivity contribution in [1.29, 1.82) is 0 Å². The van der Waals surface area contributed by atoms with E-state index in [0.29, 0.717) is 19.4 Å². The van der Waals surface area contributed by atoms with Crippen molar-refractivity contribution in [1.82, 2.24) is 4.72 Å². The lowest BCUT2D eigenvalue weighted by Crippen LogP contribution is -2.31. The third-order valence-electron chi connectivity index (χ3n) is 4.48. The zero-order valence-electron chi connectivity index (χ0n) is 14.2. The van der Waals surface area contributed by atoms with E-state index in [-0.39, 0.29) is 10.8 Å². The quantitative estimate of drug-likeness (QED) is 0.807. The number of hydrogen-bond donors (Lipinski definition) is 1. The molecule has 132 valence electrons. The molecular weight excluding hydrogens is 336 g/mol. The minimum atomic E-state index is -3.53. The van der Waals surface area contributed by atoms with Crippen molar-refractivity contribution in [3.8, 4) is 0 Å². The lowest BCUT2D eigenvalue weighted by Gasteiger charge is -2.26. The van der Waals surface area contributed by atoms with E-state index in [1.54, 1.807) is 30.1 Å². The number of fused-ring (bicyclic) bond motifs is 1. The van der Waals surface area contributed by atoms with Crippen LogP contribution in [0.1, 0.15) is 24.0 Å². The fourth-order valence-electron chi connectivity index (χ4n) is 3.03. The SMILES string of the molecule is CN1C(=O)CCc2cc(S(=O)(=O)NCCCc3ccccc3)ccc21. The van der Waals surface area contributed by atoms with Crippen molar-refractivity contribution < 1.29 is 13.2 Å². The summed E-state index contributed by atoms with van der Waals surface area (Å²) >= 11 is 0. The Morgan fingerprint density at radius 2 is 1.84 bits per heavy atom. The second-order valence-corrected chi connectivity index (χ2v) is 8.00. The van der Waals surface area contributed by atoms with Gasteiger partial charge in [0.15, 0.2) is 0 Å². The van der Waals surface area contributed by atoms with Gasteiger partial charge >= 0.3 is 0 Å². The van der Waals surface area contributed by atoms with Crippen LogP contribution in [-0.4, -0.2) is 27.9 Å². The standard InChI is InChI=1S/C19H22N2O3S/c1-21-18-11-10-17(14-16(18)9-12-19(21)22)25(23,24)20-13-5-8-15-6-3-2-4-7-15/h2-4,6-7,10-11,14,20H,5,8-9,12-13H2,1H3. The number of nitrogens with one attached hydrogen (secondary N) is 1. The second-order valence-electron chi connectivity index (χ2n) is 6.23. The lowest BCUT2D eigenvalue weighted by atomic mass is 10.0. The molecule has 0 atom stereocenters. The molecule has 0 fully saturated rings. The summed E-state index contributed by atoms with van der Waals surface area (Å²) in [6.07, 6.45) is 2.57. The van der Waals surface area contributed by atoms with Crippen molar-refractivity contribution >= 4 is 21.6 Å². The number of hydrogen-bond acceptors (Lipinski definition) is 3. The first kappa shape index (κ1) is 17.6. The average Bonchev–Trinajstić information content (AvgIpc) is 2.62. The van der Waals surface area contributed by atoms with Crippen molar-refractivity contribution in [2.45, 2.75) is 30.6 Å². The van der Waals surface area contributed by atoms with Gasteiger partial charge in [0.1, 0.15) is 0 Å². The Labute approximate surface area is 148 Å². The molecule has 3 rings (SSSR count). The number of benzene rings is 2. The first-order valence-corrected chi connectivity index (χ1v) is 9.89. The van der Waals surface area contributed by atoms with E-state index >= 15 is 0 Å². The summed E-state index contributed by atoms with van der Waals surface area (Å²) in [5, 5.41) is 0. The monoisotopic (exact) mass is 358 g/mol. The molecule has 0 unspecified atom stereocenters. The maximum absolute atomic E-state index is 12.5. The molecule has 1 heterocycles. The van der Waals surface area contributed by atoms with Crippen LogP contribution >= 0.6 is 0 Å². The van der Waals surface area contributed by atoms with Gasteiger partial charge in [0.05, 0.1) is 4.90 Å². The van der Waals surface area contributed by atoms with E-state index in [0.717, 1.165) is 24.1 Å². The molecule has 2 aromatic rings. The third-order valence-corrected chi connectivity index (χ3v) is 5.94. The number of nitrogens with zero attached hydrogens (tertiary/aromatic N) is 1. The fraction of sp³-hybridized carbons (Fsp3) is 0.316. The highest BCUT2D eigenvalue weighted by Gasteiger charge is 2.23. The summed E-state index contributed by atoms with van der Waals surface area (Å²) in [5.41, 5.74) is 2.89. The molecule has 25 heavy (non-hydrogen) atoms. The van der Waals surface area contributed by atoms with E-state index in [2.05, 4.69) is 4.72 Å². The zero-order valence-corrected chi connectivity index (χ0v) is 15.1. The van der Waals surface area contributed by atoms with Crippen LogP contribution < -0.4 is 9.62 Å². The van der Waals surface area contributed by atoms with Crippen LogP contribution in [0.2, 0.25) is 0 Å². The van der Waals surface area contributed by atoms with E-state index in [4.69, 9.17) is 0 Å². The molecule has 0 radical (unpaired) electrons. The molecular formula is C19H22N2O3S. The van der Waals surface area contributed by atoms with Crippen LogP contribution in [0.3, 0.4) is 0 Å². The molecule has 1 aliphatic heterocycles. The van der Waals surface area contributed by atoms with Gasteiger partial charge < -0.3 is 4.90 Å². The number of anilines is 1. The molecule has 0 spiro atoms. The molecule has 0 aromatic heterocycles. The maximum atomic E-state index is 12.5. The molecule has 1 aliphatic rings. The summed E-state index contributed by atoms with van der Waals surface area (Å²) in [5.74, 6) is 0.0575. The van der Waals surface area contributed by atoms with E-state index in [9.17, 15) is 13.2 Å². The molecule has 1 amide bonds. The highest BCUT2D eigenvalue weighted by Crippen LogP contribution is 2.28. The van der Waals surface area contributed by atoms with Crippen LogP contribution in [0, 0.1) is 0 Å². The van der Waals surface area contributed by atoms with Gasteiger partial charge in [0.25, 0.3) is 0 Å². The average molecular weight is 358 g/mol. The summed E-state index contributed by atoms with van der Waals surface area (Å²) in [7, 11) is -1.81. The molecule has 0 saturated heterocycles. The summed E-state index contributed by atoms with van der Waals surface area (Å²) in [4.78, 5) is 13.6. The highest BCUT2D eigenvalue weighted by molar-refractivity contribution is 7.89. The maximum Gasteiger partial charge on any atom is 0.240 e. The van der Waals surface area contributed by atoms with Crippen molar-refractivity contribution in [3.63, 3.8) is 0 Å². The number of sulfonamides is 1. The van der Waals surface area contributed by atoms with Crippen LogP contribution in [0.4, 0.5) is 5.69 Å². The molecule has 0 bridgehead atoms. The van der Waals surface area contributed by atoms with E-state index in [1.807, 2.05) is 30.3 Å². The first-order valence-electron chi connectivity index (χ1n) is 8.40. The molecule has 0 aliphatic carbocycles. The van der Waals surface area contributed by atoms with Gasteiger partial charge in [-0.2, -0.15) is 0 Å². The van der Waals surface area contributed by atoms with Crippen molar-refractivity contribution in [2.24, 2.45) is 0 Å². The summed E-state index contributed by atoms with van der Waals surface area (Å²) in [6.45, 7) is 0.396. The number of carbonyl (C=O) groups excluding carboxylic acids is 1. The Bertz CT molecular complexity index is 863. The summed E-state index contributed by atoms with van der Waals surface area (Å²) < 4.78 is 27.6. The van der Waals surface area contributed by atoms with Crippen molar-refractivity contribution in [3.05, 3.63) is 59.7 Å². The molecule has 5 nitrogen and oxygen atoms in total. The van der Waals surface area contributed by atoms with Crippen LogP contribution in [-0.2, 0) is 27.7 Å². The second kappa shape index (κ2) is 7.37. The Balaban J connectivity index is 1.63. The number of aryl methyl sites for hydroxylation is 2. The van der Waals surface area contributed by atoms with Gasteiger partial charge in [-0.3, -0.25) is 4.79 Å². The van der Waals surface area contributed by atoms with E-state index < -0.39 is 10.0 Å². The van der Waals surface area contributed by atoms with Gasteiger partial charge in [0, 0.05) is 25.7 Å². The highest BCUT2D eigenvalue weighted by atomic mass is 32.2. The van der Waals surface area contributed by atoms with Gasteiger partial charge in [-0.25, -0.2) is 13.1 Å². The first-order chi connectivity index (χ1) is 12.0. The molecule has 2 aromatic carbocycles. The minimum absolute atomic E-state index is 0.0575. The lowest BCUT2D eigenvalue weighted by molar-refractivity contribution is -0.118. The predicted molar refractivity (Wildman–Crippen MR) is 98.1 cm³/mol. The Morgan fingerprint density at radius 1 is 1.08 bits per heavy atom. The molecule has 0 saturated carbocycles. The van der Waals surface area contributed by atoms with Crippen molar-refractivity contribution in [2.75, 3.05) is 18.5 Å². The van der Waals surface area contributed by atoms with Crippen LogP contribution in [0.15, 0.2) is 53.4 Å².